The summed E-state index contributed by atoms with van der Waals surface area (Å²) >= 11 is 1.28. The Kier molecular flexibility index (Phi) is 4.15. The zero-order valence-corrected chi connectivity index (χ0v) is 13.2. The van der Waals surface area contributed by atoms with Crippen LogP contribution in [0.3, 0.4) is 0 Å². The summed E-state index contributed by atoms with van der Waals surface area (Å²) in [6.45, 7) is 2.62. The van der Waals surface area contributed by atoms with Gasteiger partial charge in [0.25, 0.3) is 5.91 Å². The third kappa shape index (κ3) is 2.85. The number of benzene rings is 1. The normalized spacial score (nSPS) is 16.2. The number of rotatable bonds is 4. The minimum atomic E-state index is -0.205. The van der Waals surface area contributed by atoms with Crippen LogP contribution in [0, 0.1) is 6.92 Å². The fraction of sp³-hybridized carbons (Fsp3) is 0.333. The standard InChI is InChI=1S/C15H17N3O3S/c1-9-13(15(16-2)22-18-9)14(19)17-7-10-8-20-11-5-3-4-6-12(11)21-10/h3-6,10,16H,7-8H2,1-2H3,(H,17,19). The number of hydrogen-bond acceptors (Lipinski definition) is 6. The molecule has 1 aromatic carbocycles. The van der Waals surface area contributed by atoms with Crippen LogP contribution in [0.5, 0.6) is 11.5 Å². The van der Waals surface area contributed by atoms with Crippen LogP contribution >= 0.6 is 11.5 Å². The minimum Gasteiger partial charge on any atom is -0.486 e. The maximum atomic E-state index is 12.3. The summed E-state index contributed by atoms with van der Waals surface area (Å²) in [6.07, 6.45) is -0.205. The molecule has 2 heterocycles. The summed E-state index contributed by atoms with van der Waals surface area (Å²) < 4.78 is 15.6. The van der Waals surface area contributed by atoms with Gasteiger partial charge in [-0.3, -0.25) is 4.79 Å². The number of nitrogens with one attached hydrogen (secondary N) is 2. The van der Waals surface area contributed by atoms with E-state index in [1.807, 2.05) is 31.2 Å². The molecule has 0 saturated carbocycles. The highest BCUT2D eigenvalue weighted by atomic mass is 32.1. The maximum absolute atomic E-state index is 12.3. The van der Waals surface area contributed by atoms with E-state index in [4.69, 9.17) is 9.47 Å². The van der Waals surface area contributed by atoms with E-state index in [0.29, 0.717) is 24.5 Å². The lowest BCUT2D eigenvalue weighted by Gasteiger charge is -2.26. The third-order valence-electron chi connectivity index (χ3n) is 3.37. The Labute approximate surface area is 132 Å². The summed E-state index contributed by atoms with van der Waals surface area (Å²) in [6, 6.07) is 7.51. The fourth-order valence-electron chi connectivity index (χ4n) is 2.27. The van der Waals surface area contributed by atoms with E-state index in [0.717, 1.165) is 16.4 Å². The zero-order chi connectivity index (χ0) is 15.5. The number of nitrogens with zero attached hydrogens (tertiary/aromatic N) is 1. The van der Waals surface area contributed by atoms with Gasteiger partial charge in [0.05, 0.1) is 17.8 Å². The van der Waals surface area contributed by atoms with Crippen molar-refractivity contribution >= 4 is 22.4 Å². The van der Waals surface area contributed by atoms with E-state index in [2.05, 4.69) is 15.0 Å². The Morgan fingerprint density at radius 2 is 2.18 bits per heavy atom. The molecule has 2 aromatic rings. The van der Waals surface area contributed by atoms with Crippen LogP contribution in [-0.4, -0.2) is 36.6 Å². The number of carbonyl (C=O) groups excluding carboxylic acids is 1. The van der Waals surface area contributed by atoms with Crippen molar-refractivity contribution in [2.75, 3.05) is 25.5 Å². The molecule has 0 bridgehead atoms. The van der Waals surface area contributed by atoms with Crippen LogP contribution in [0.15, 0.2) is 24.3 Å². The molecule has 0 fully saturated rings. The highest BCUT2D eigenvalue weighted by molar-refractivity contribution is 7.10. The van der Waals surface area contributed by atoms with Crippen molar-refractivity contribution in [2.24, 2.45) is 0 Å². The summed E-state index contributed by atoms with van der Waals surface area (Å²) in [5, 5.41) is 6.64. The van der Waals surface area contributed by atoms with Crippen LogP contribution in [0.25, 0.3) is 0 Å². The molecule has 0 radical (unpaired) electrons. The number of hydrogen-bond donors (Lipinski definition) is 2. The quantitative estimate of drug-likeness (QED) is 0.902. The van der Waals surface area contributed by atoms with Crippen molar-refractivity contribution in [1.29, 1.82) is 0 Å². The number of anilines is 1. The lowest BCUT2D eigenvalue weighted by molar-refractivity contribution is 0.0789. The molecule has 22 heavy (non-hydrogen) atoms. The van der Waals surface area contributed by atoms with Gasteiger partial charge in [-0.2, -0.15) is 4.37 Å². The molecular weight excluding hydrogens is 302 g/mol. The van der Waals surface area contributed by atoms with Gasteiger partial charge in [-0.1, -0.05) is 12.1 Å². The van der Waals surface area contributed by atoms with Crippen LogP contribution in [0.2, 0.25) is 0 Å². The molecule has 1 amide bonds. The number of para-hydroxylation sites is 2. The Balaban J connectivity index is 1.62. The van der Waals surface area contributed by atoms with E-state index < -0.39 is 0 Å². The first-order valence-electron chi connectivity index (χ1n) is 6.99. The van der Waals surface area contributed by atoms with Crippen LogP contribution in [0.4, 0.5) is 5.00 Å². The molecular formula is C15H17N3O3S. The Bertz CT molecular complexity index is 686. The number of carbonyl (C=O) groups is 1. The predicted molar refractivity (Wildman–Crippen MR) is 85.1 cm³/mol. The van der Waals surface area contributed by atoms with Crippen molar-refractivity contribution in [2.45, 2.75) is 13.0 Å². The van der Waals surface area contributed by atoms with Gasteiger partial charge in [0.1, 0.15) is 17.7 Å². The first-order valence-corrected chi connectivity index (χ1v) is 7.77. The number of ether oxygens (including phenoxy) is 2. The average Bonchev–Trinajstić information content (AvgIpc) is 2.93. The SMILES string of the molecule is CNc1snc(C)c1C(=O)NCC1COc2ccccc2O1. The van der Waals surface area contributed by atoms with E-state index in [1.165, 1.54) is 11.5 Å². The van der Waals surface area contributed by atoms with E-state index >= 15 is 0 Å². The molecule has 2 N–H and O–H groups in total. The maximum Gasteiger partial charge on any atom is 0.256 e. The van der Waals surface area contributed by atoms with E-state index in [1.54, 1.807) is 7.05 Å². The van der Waals surface area contributed by atoms with Gasteiger partial charge in [-0.05, 0) is 30.6 Å². The van der Waals surface area contributed by atoms with Gasteiger partial charge in [0, 0.05) is 7.05 Å². The molecule has 0 spiro atoms. The van der Waals surface area contributed by atoms with Crippen LogP contribution in [-0.2, 0) is 0 Å². The first-order chi connectivity index (χ1) is 10.7. The highest BCUT2D eigenvalue weighted by Gasteiger charge is 2.23. The van der Waals surface area contributed by atoms with E-state index in [-0.39, 0.29) is 12.0 Å². The summed E-state index contributed by atoms with van der Waals surface area (Å²) in [5.41, 5.74) is 1.31. The summed E-state index contributed by atoms with van der Waals surface area (Å²) in [4.78, 5) is 12.3. The van der Waals surface area contributed by atoms with Gasteiger partial charge in [-0.15, -0.1) is 0 Å². The molecule has 0 aliphatic carbocycles. The van der Waals surface area contributed by atoms with E-state index in [9.17, 15) is 4.79 Å². The van der Waals surface area contributed by atoms with Crippen molar-refractivity contribution in [3.8, 4) is 11.5 Å². The van der Waals surface area contributed by atoms with Crippen molar-refractivity contribution in [1.82, 2.24) is 9.69 Å². The second-order valence-corrected chi connectivity index (χ2v) is 5.70. The van der Waals surface area contributed by atoms with Gasteiger partial charge < -0.3 is 20.1 Å². The molecule has 1 unspecified atom stereocenters. The van der Waals surface area contributed by atoms with Crippen molar-refractivity contribution < 1.29 is 14.3 Å². The second kappa shape index (κ2) is 6.23. The molecule has 0 saturated heterocycles. The van der Waals surface area contributed by atoms with Crippen LogP contribution in [0.1, 0.15) is 16.1 Å². The van der Waals surface area contributed by atoms with Gasteiger partial charge in [-0.25, -0.2) is 0 Å². The van der Waals surface area contributed by atoms with Crippen LogP contribution < -0.4 is 20.1 Å². The number of fused-ring (bicyclic) bond motifs is 1. The minimum absolute atomic E-state index is 0.155. The Hall–Kier alpha value is -2.28. The second-order valence-electron chi connectivity index (χ2n) is 4.93. The molecule has 1 aromatic heterocycles. The molecule has 7 heteroatoms. The van der Waals surface area contributed by atoms with Gasteiger partial charge in [0.2, 0.25) is 0 Å². The van der Waals surface area contributed by atoms with Crippen molar-refractivity contribution in [3.05, 3.63) is 35.5 Å². The number of aromatic nitrogens is 1. The molecule has 3 rings (SSSR count). The number of aryl methyl sites for hydroxylation is 1. The third-order valence-corrected chi connectivity index (χ3v) is 4.33. The smallest absolute Gasteiger partial charge is 0.256 e. The summed E-state index contributed by atoms with van der Waals surface area (Å²) in [7, 11) is 1.78. The number of amides is 1. The lowest BCUT2D eigenvalue weighted by atomic mass is 10.2. The summed E-state index contributed by atoms with van der Waals surface area (Å²) in [5.74, 6) is 1.29. The Morgan fingerprint density at radius 1 is 1.41 bits per heavy atom. The molecule has 116 valence electrons. The van der Waals surface area contributed by atoms with Gasteiger partial charge >= 0.3 is 0 Å². The average molecular weight is 319 g/mol. The Morgan fingerprint density at radius 3 is 2.95 bits per heavy atom. The molecule has 1 aliphatic heterocycles. The van der Waals surface area contributed by atoms with Crippen molar-refractivity contribution in [3.63, 3.8) is 0 Å². The first kappa shape index (κ1) is 14.6. The molecule has 1 atom stereocenters. The van der Waals surface area contributed by atoms with Gasteiger partial charge in [0.15, 0.2) is 11.5 Å². The fourth-order valence-corrected chi connectivity index (χ4v) is 3.01. The lowest BCUT2D eigenvalue weighted by Crippen LogP contribution is -2.40. The predicted octanol–water partition coefficient (Wildman–Crippen LogP) is 2.06. The molecule has 6 nitrogen and oxygen atoms in total. The topological polar surface area (TPSA) is 72.5 Å². The zero-order valence-electron chi connectivity index (χ0n) is 12.4. The molecule has 1 aliphatic rings. The monoisotopic (exact) mass is 319 g/mol. The largest absolute Gasteiger partial charge is 0.486 e. The highest BCUT2D eigenvalue weighted by Crippen LogP contribution is 2.30.